The van der Waals surface area contributed by atoms with E-state index in [-0.39, 0.29) is 6.92 Å². The van der Waals surface area contributed by atoms with Gasteiger partial charge in [0.05, 0.1) is 41.9 Å². The first-order chi connectivity index (χ1) is 16.9. The molecule has 6 atom stereocenters. The summed E-state index contributed by atoms with van der Waals surface area (Å²) in [4.78, 5) is 0. The van der Waals surface area contributed by atoms with E-state index >= 15 is 0 Å². The fourth-order valence-corrected chi connectivity index (χ4v) is 2.19. The molecular weight excluding hydrogens is 627 g/mol. The summed E-state index contributed by atoms with van der Waals surface area (Å²) in [6.07, 6.45) is -37.8. The van der Waals surface area contributed by atoms with E-state index in [0.717, 1.165) is 0 Å². The third kappa shape index (κ3) is 17.4. The van der Waals surface area contributed by atoms with E-state index in [4.69, 9.17) is 0 Å². The predicted molar refractivity (Wildman–Crippen MR) is 96.3 cm³/mol. The molecule has 0 aliphatic carbocycles. The maximum absolute atomic E-state index is 12.0. The monoisotopic (exact) mass is 650 g/mol. The van der Waals surface area contributed by atoms with Crippen molar-refractivity contribution in [3.8, 4) is 0 Å². The molecule has 0 nitrogen and oxygen atoms in total. The fraction of sp³-hybridized carbons (Fsp3) is 1.00. The fourth-order valence-electron chi connectivity index (χ4n) is 2.19. The van der Waals surface area contributed by atoms with E-state index in [0.29, 0.717) is 27.7 Å². The van der Waals surface area contributed by atoms with Crippen molar-refractivity contribution in [3.63, 3.8) is 0 Å². The molecule has 0 saturated carbocycles. The van der Waals surface area contributed by atoms with Crippen molar-refractivity contribution < 1.29 is 92.2 Å². The van der Waals surface area contributed by atoms with Gasteiger partial charge in [0.2, 0.25) is 0 Å². The Hall–Kier alpha value is -1.47. The Morgan fingerprint density at radius 3 is 0.575 bits per heavy atom. The molecule has 0 N–H and O–H groups in total. The third-order valence-electron chi connectivity index (χ3n) is 5.56. The van der Waals surface area contributed by atoms with Crippen LogP contribution < -0.4 is 0 Å². The number of halogens is 21. The van der Waals surface area contributed by atoms with E-state index < -0.39 is 85.2 Å². The molecule has 0 aliphatic rings. The highest BCUT2D eigenvalue weighted by molar-refractivity contribution is 4.80. The molecule has 0 aromatic heterocycles. The lowest BCUT2D eigenvalue weighted by atomic mass is 9.89. The van der Waals surface area contributed by atoms with Crippen molar-refractivity contribution in [2.75, 3.05) is 0 Å². The maximum Gasteiger partial charge on any atom is 0.392 e. The van der Waals surface area contributed by atoms with Crippen LogP contribution in [0.2, 0.25) is 0 Å². The highest BCUT2D eigenvalue weighted by atomic mass is 19.4. The van der Waals surface area contributed by atoms with Crippen LogP contribution in [0.25, 0.3) is 0 Å². The van der Waals surface area contributed by atoms with E-state index in [1.165, 1.54) is 0 Å². The Kier molecular flexibility index (Phi) is 15.2. The highest BCUT2D eigenvalue weighted by Gasteiger charge is 2.56. The summed E-state index contributed by atoms with van der Waals surface area (Å²) in [6, 6.07) is 0. The van der Waals surface area contributed by atoms with Gasteiger partial charge in [0.25, 0.3) is 0 Å². The predicted octanol–water partition coefficient (Wildman–Crippen LogP) is 11.1. The largest absolute Gasteiger partial charge is 0.392 e. The van der Waals surface area contributed by atoms with Crippen LogP contribution in [0.15, 0.2) is 0 Å². The van der Waals surface area contributed by atoms with Gasteiger partial charge in [0, 0.05) is 0 Å². The van der Waals surface area contributed by atoms with Gasteiger partial charge < -0.3 is 0 Å². The molecule has 6 unspecified atom stereocenters. The Morgan fingerprint density at radius 1 is 0.300 bits per heavy atom. The molecule has 21 heteroatoms. The van der Waals surface area contributed by atoms with Crippen LogP contribution in [0.3, 0.4) is 0 Å². The first kappa shape index (κ1) is 43.0. The van der Waals surface area contributed by atoms with Gasteiger partial charge in [-0.25, -0.2) is 0 Å². The average molecular weight is 650 g/mol. The number of alkyl halides is 21. The van der Waals surface area contributed by atoms with Crippen LogP contribution in [0.5, 0.6) is 0 Å². The first-order valence-corrected chi connectivity index (χ1v) is 10.3. The molecule has 0 heterocycles. The molecule has 0 radical (unpaired) electrons. The molecule has 0 aromatic rings. The summed E-state index contributed by atoms with van der Waals surface area (Å²) in [5.41, 5.74) is 0. The van der Waals surface area contributed by atoms with Crippen LogP contribution in [-0.2, 0) is 0 Å². The van der Waals surface area contributed by atoms with Gasteiger partial charge in [0.1, 0.15) is 0 Å². The van der Waals surface area contributed by atoms with Crippen molar-refractivity contribution in [3.05, 3.63) is 0 Å². The Bertz CT molecular complexity index is 625. The molecule has 40 heavy (non-hydrogen) atoms. The molecule has 0 saturated heterocycles. The smallest absolute Gasteiger partial charge is 0.171 e. The SMILES string of the molecule is CC(C(C)C(F)(F)F)C(F)(F)F.CC(C(C)C(F)(F)F)C(F)(F)F.CC(C(CC(F)(F)F)C(F)(F)F)C(F)(F)F. The van der Waals surface area contributed by atoms with Gasteiger partial charge >= 0.3 is 43.2 Å². The minimum atomic E-state index is -5.54. The second-order valence-electron chi connectivity index (χ2n) is 8.62. The quantitative estimate of drug-likeness (QED) is 0.266. The Balaban J connectivity index is -0.000000522. The zero-order valence-electron chi connectivity index (χ0n) is 20.6. The van der Waals surface area contributed by atoms with E-state index in [1.807, 2.05) is 0 Å². The lowest BCUT2D eigenvalue weighted by molar-refractivity contribution is -0.272. The molecular formula is C19H23F21. The minimum Gasteiger partial charge on any atom is -0.171 e. The molecule has 0 spiro atoms. The van der Waals surface area contributed by atoms with Gasteiger partial charge in [-0.05, 0) is 0 Å². The first-order valence-electron chi connectivity index (χ1n) is 10.3. The zero-order valence-corrected chi connectivity index (χ0v) is 20.6. The lowest BCUT2D eigenvalue weighted by Crippen LogP contribution is -2.39. The van der Waals surface area contributed by atoms with E-state index in [2.05, 4.69) is 0 Å². The summed E-state index contributed by atoms with van der Waals surface area (Å²) in [5.74, 6) is -16.0. The normalized spacial score (nSPS) is 18.8. The molecule has 0 aromatic carbocycles. The molecule has 0 aliphatic heterocycles. The molecule has 0 fully saturated rings. The van der Waals surface area contributed by atoms with Gasteiger partial charge in [-0.15, -0.1) is 0 Å². The van der Waals surface area contributed by atoms with Gasteiger partial charge in [-0.2, -0.15) is 92.2 Å². The van der Waals surface area contributed by atoms with Crippen molar-refractivity contribution in [1.82, 2.24) is 0 Å². The summed E-state index contributed by atoms with van der Waals surface area (Å²) in [5, 5.41) is 0. The summed E-state index contributed by atoms with van der Waals surface area (Å²) < 4.78 is 248. The summed E-state index contributed by atoms with van der Waals surface area (Å²) >= 11 is 0. The number of hydrogen-bond donors (Lipinski definition) is 0. The van der Waals surface area contributed by atoms with Crippen LogP contribution in [0, 0.1) is 35.5 Å². The Morgan fingerprint density at radius 2 is 0.475 bits per heavy atom. The van der Waals surface area contributed by atoms with Crippen LogP contribution in [-0.4, -0.2) is 43.2 Å². The van der Waals surface area contributed by atoms with Crippen molar-refractivity contribution in [1.29, 1.82) is 0 Å². The topological polar surface area (TPSA) is 0 Å². The second-order valence-corrected chi connectivity index (χ2v) is 8.62. The minimum absolute atomic E-state index is 0.0872. The van der Waals surface area contributed by atoms with E-state index in [1.54, 1.807) is 0 Å². The highest BCUT2D eigenvalue weighted by Crippen LogP contribution is 2.45. The molecule has 0 amide bonds. The van der Waals surface area contributed by atoms with Crippen LogP contribution in [0.4, 0.5) is 92.2 Å². The number of hydrogen-bond acceptors (Lipinski definition) is 0. The van der Waals surface area contributed by atoms with Crippen molar-refractivity contribution in [2.24, 2.45) is 35.5 Å². The van der Waals surface area contributed by atoms with Gasteiger partial charge in [-0.1, -0.05) is 34.6 Å². The van der Waals surface area contributed by atoms with Crippen LogP contribution in [0.1, 0.15) is 41.0 Å². The van der Waals surface area contributed by atoms with Crippen molar-refractivity contribution in [2.45, 2.75) is 84.3 Å². The third-order valence-corrected chi connectivity index (χ3v) is 5.56. The standard InChI is InChI=1S/C7H7F9.2C6H8F6/c1-3(6(11,12)13)4(7(14,15)16)2-5(8,9)10;2*1-3(5(7,8)9)4(2)6(10,11)12/h3-4H,2H2,1H3;2*3-4H,1-2H3. The Labute approximate surface area is 213 Å². The van der Waals surface area contributed by atoms with Crippen molar-refractivity contribution >= 4 is 0 Å². The lowest BCUT2D eigenvalue weighted by Gasteiger charge is -2.28. The molecule has 246 valence electrons. The zero-order chi connectivity index (χ0) is 33.7. The van der Waals surface area contributed by atoms with Crippen LogP contribution >= 0.6 is 0 Å². The summed E-state index contributed by atoms with van der Waals surface area (Å²) in [6.45, 7) is 2.19. The number of rotatable bonds is 4. The van der Waals surface area contributed by atoms with Gasteiger partial charge in [-0.3, -0.25) is 0 Å². The molecule has 0 rings (SSSR count). The summed E-state index contributed by atoms with van der Waals surface area (Å²) in [7, 11) is 0. The second kappa shape index (κ2) is 14.1. The van der Waals surface area contributed by atoms with E-state index in [9.17, 15) is 92.2 Å². The average Bonchev–Trinajstić information content (AvgIpc) is 2.65. The maximum atomic E-state index is 12.0. The van der Waals surface area contributed by atoms with Gasteiger partial charge in [0.15, 0.2) is 0 Å². The molecule has 0 bridgehead atoms.